The van der Waals surface area contributed by atoms with Crippen LogP contribution < -0.4 is 10.6 Å². The topological polar surface area (TPSA) is 50.4 Å². The van der Waals surface area contributed by atoms with Crippen LogP contribution in [0, 0.1) is 0 Å². The van der Waals surface area contributed by atoms with Crippen molar-refractivity contribution in [3.63, 3.8) is 0 Å². The molecule has 1 aromatic rings. The van der Waals surface area contributed by atoms with Gasteiger partial charge >= 0.3 is 0 Å². The zero-order chi connectivity index (χ0) is 13.7. The maximum absolute atomic E-state index is 11.8. The van der Waals surface area contributed by atoms with Crippen molar-refractivity contribution in [1.82, 2.24) is 5.32 Å². The minimum atomic E-state index is -0.124. The van der Waals surface area contributed by atoms with Gasteiger partial charge in [-0.15, -0.1) is 0 Å². The number of hydrogen-bond acceptors (Lipinski definition) is 3. The summed E-state index contributed by atoms with van der Waals surface area (Å²) in [5.41, 5.74) is 0.752. The number of amides is 1. The summed E-state index contributed by atoms with van der Waals surface area (Å²) in [6, 6.07) is 5.62. The molecule has 2 N–H and O–H groups in total. The van der Waals surface area contributed by atoms with Crippen molar-refractivity contribution in [2.24, 2.45) is 0 Å². The van der Waals surface area contributed by atoms with E-state index in [9.17, 15) is 4.79 Å². The van der Waals surface area contributed by atoms with Gasteiger partial charge < -0.3 is 15.4 Å². The molecule has 2 rings (SSSR count). The molecular formula is C13H16Br2N2O2. The minimum absolute atomic E-state index is 0.104. The van der Waals surface area contributed by atoms with Gasteiger partial charge in [-0.05, 0) is 60.1 Å². The van der Waals surface area contributed by atoms with Crippen molar-refractivity contribution < 1.29 is 9.53 Å². The third kappa shape index (κ3) is 4.87. The van der Waals surface area contributed by atoms with Crippen LogP contribution in [-0.2, 0) is 9.53 Å². The number of carbonyl (C=O) groups is 1. The lowest BCUT2D eigenvalue weighted by molar-refractivity contribution is -0.123. The Morgan fingerprint density at radius 3 is 2.79 bits per heavy atom. The van der Waals surface area contributed by atoms with Crippen LogP contribution in [0.4, 0.5) is 5.69 Å². The molecule has 19 heavy (non-hydrogen) atoms. The Balaban J connectivity index is 1.80. The second-order valence-corrected chi connectivity index (χ2v) is 6.20. The molecule has 1 aromatic carbocycles. The van der Waals surface area contributed by atoms with Crippen molar-refractivity contribution >= 4 is 43.5 Å². The molecule has 0 spiro atoms. The molecule has 4 nitrogen and oxygen atoms in total. The second-order valence-electron chi connectivity index (χ2n) is 4.43. The molecular weight excluding hydrogens is 376 g/mol. The Morgan fingerprint density at radius 1 is 1.37 bits per heavy atom. The number of halogens is 2. The highest BCUT2D eigenvalue weighted by Crippen LogP contribution is 2.26. The van der Waals surface area contributed by atoms with Gasteiger partial charge in [0.05, 0.1) is 11.8 Å². The number of piperidine rings is 1. The Kier molecular flexibility index (Phi) is 5.81. The van der Waals surface area contributed by atoms with Crippen LogP contribution in [-0.4, -0.2) is 31.7 Å². The van der Waals surface area contributed by atoms with E-state index < -0.39 is 0 Å². The van der Waals surface area contributed by atoms with Gasteiger partial charge in [-0.3, -0.25) is 4.79 Å². The van der Waals surface area contributed by atoms with E-state index >= 15 is 0 Å². The zero-order valence-corrected chi connectivity index (χ0v) is 13.6. The van der Waals surface area contributed by atoms with Crippen LogP contribution in [0.15, 0.2) is 27.1 Å². The third-order valence-electron chi connectivity index (χ3n) is 2.94. The Labute approximate surface area is 129 Å². The molecule has 0 aliphatic carbocycles. The van der Waals surface area contributed by atoms with Gasteiger partial charge in [0.15, 0.2) is 0 Å². The molecule has 104 valence electrons. The summed E-state index contributed by atoms with van der Waals surface area (Å²) in [5, 5.41) is 6.09. The molecule has 1 amide bonds. The normalized spacial score (nSPS) is 16.3. The van der Waals surface area contributed by atoms with Crippen LogP contribution in [0.5, 0.6) is 0 Å². The maximum Gasteiger partial charge on any atom is 0.250 e. The van der Waals surface area contributed by atoms with Crippen molar-refractivity contribution in [3.05, 3.63) is 27.1 Å². The number of anilines is 1. The number of rotatable bonds is 4. The van der Waals surface area contributed by atoms with Gasteiger partial charge in [0, 0.05) is 8.95 Å². The summed E-state index contributed by atoms with van der Waals surface area (Å²) < 4.78 is 7.41. The molecule has 1 aliphatic heterocycles. The smallest absolute Gasteiger partial charge is 0.250 e. The molecule has 1 heterocycles. The average molecular weight is 392 g/mol. The minimum Gasteiger partial charge on any atom is -0.368 e. The van der Waals surface area contributed by atoms with Crippen LogP contribution >= 0.6 is 31.9 Å². The van der Waals surface area contributed by atoms with E-state index in [1.165, 1.54) is 0 Å². The monoisotopic (exact) mass is 390 g/mol. The summed E-state index contributed by atoms with van der Waals surface area (Å²) in [7, 11) is 0. The Hall–Kier alpha value is -0.430. The highest BCUT2D eigenvalue weighted by Gasteiger charge is 2.15. The van der Waals surface area contributed by atoms with Gasteiger partial charge in [-0.1, -0.05) is 15.9 Å². The molecule has 0 atom stereocenters. The van der Waals surface area contributed by atoms with E-state index in [-0.39, 0.29) is 18.6 Å². The Bertz CT molecular complexity index is 448. The van der Waals surface area contributed by atoms with E-state index in [4.69, 9.17) is 4.74 Å². The standard InChI is InChI=1S/C13H16Br2N2O2/c14-9-1-2-12(11(15)7-9)17-13(18)8-19-10-3-5-16-6-4-10/h1-2,7,10,16H,3-6,8H2,(H,17,18). The first-order chi connectivity index (χ1) is 9.15. The van der Waals surface area contributed by atoms with E-state index in [1.54, 1.807) is 0 Å². The van der Waals surface area contributed by atoms with E-state index in [0.29, 0.717) is 0 Å². The summed E-state index contributed by atoms with van der Waals surface area (Å²) in [4.78, 5) is 11.8. The average Bonchev–Trinajstić information content (AvgIpc) is 2.41. The van der Waals surface area contributed by atoms with E-state index in [1.807, 2.05) is 18.2 Å². The first-order valence-corrected chi connectivity index (χ1v) is 7.81. The Morgan fingerprint density at radius 2 is 2.11 bits per heavy atom. The van der Waals surface area contributed by atoms with Crippen LogP contribution in [0.2, 0.25) is 0 Å². The van der Waals surface area contributed by atoms with E-state index in [0.717, 1.165) is 40.6 Å². The fourth-order valence-corrected chi connectivity index (χ4v) is 3.08. The van der Waals surface area contributed by atoms with Gasteiger partial charge in [0.2, 0.25) is 5.91 Å². The van der Waals surface area contributed by atoms with E-state index in [2.05, 4.69) is 42.5 Å². The number of carbonyl (C=O) groups excluding carboxylic acids is 1. The second kappa shape index (κ2) is 7.38. The van der Waals surface area contributed by atoms with Crippen LogP contribution in [0.1, 0.15) is 12.8 Å². The zero-order valence-electron chi connectivity index (χ0n) is 10.4. The highest BCUT2D eigenvalue weighted by molar-refractivity contribution is 9.11. The number of nitrogens with one attached hydrogen (secondary N) is 2. The molecule has 1 fully saturated rings. The fraction of sp³-hybridized carbons (Fsp3) is 0.462. The molecule has 1 saturated heterocycles. The SMILES string of the molecule is O=C(COC1CCNCC1)Nc1ccc(Br)cc1Br. The largest absolute Gasteiger partial charge is 0.368 e. The number of ether oxygens (including phenoxy) is 1. The van der Waals surface area contributed by atoms with Crippen molar-refractivity contribution in [3.8, 4) is 0 Å². The highest BCUT2D eigenvalue weighted by atomic mass is 79.9. The lowest BCUT2D eigenvalue weighted by Gasteiger charge is -2.22. The first-order valence-electron chi connectivity index (χ1n) is 6.22. The summed E-state index contributed by atoms with van der Waals surface area (Å²) in [6.07, 6.45) is 2.13. The lowest BCUT2D eigenvalue weighted by Crippen LogP contribution is -2.34. The maximum atomic E-state index is 11.8. The third-order valence-corrected chi connectivity index (χ3v) is 4.09. The molecule has 6 heteroatoms. The molecule has 1 aliphatic rings. The van der Waals surface area contributed by atoms with Crippen LogP contribution in [0.25, 0.3) is 0 Å². The predicted molar refractivity (Wildman–Crippen MR) is 82.3 cm³/mol. The van der Waals surface area contributed by atoms with Crippen molar-refractivity contribution in [2.45, 2.75) is 18.9 Å². The molecule has 0 bridgehead atoms. The molecule has 0 unspecified atom stereocenters. The molecule has 0 radical (unpaired) electrons. The van der Waals surface area contributed by atoms with Gasteiger partial charge in [0.1, 0.15) is 6.61 Å². The summed E-state index contributed by atoms with van der Waals surface area (Å²) in [6.45, 7) is 2.03. The van der Waals surface area contributed by atoms with Gasteiger partial charge in [-0.2, -0.15) is 0 Å². The fourth-order valence-electron chi connectivity index (χ4n) is 1.93. The lowest BCUT2D eigenvalue weighted by atomic mass is 10.1. The molecule has 0 saturated carbocycles. The summed E-state index contributed by atoms with van der Waals surface area (Å²) in [5.74, 6) is -0.124. The van der Waals surface area contributed by atoms with Crippen LogP contribution in [0.3, 0.4) is 0 Å². The quantitative estimate of drug-likeness (QED) is 0.829. The van der Waals surface area contributed by atoms with Gasteiger partial charge in [-0.25, -0.2) is 0 Å². The van der Waals surface area contributed by atoms with Gasteiger partial charge in [0.25, 0.3) is 0 Å². The predicted octanol–water partition coefficient (Wildman–Crippen LogP) is 2.92. The summed E-state index contributed by atoms with van der Waals surface area (Å²) >= 11 is 6.78. The van der Waals surface area contributed by atoms with Crippen molar-refractivity contribution in [2.75, 3.05) is 25.0 Å². The molecule has 0 aromatic heterocycles. The van der Waals surface area contributed by atoms with Crippen molar-refractivity contribution in [1.29, 1.82) is 0 Å². The number of hydrogen-bond donors (Lipinski definition) is 2. The number of benzene rings is 1. The first kappa shape index (κ1) is 15.0.